The van der Waals surface area contributed by atoms with Crippen molar-refractivity contribution in [2.24, 2.45) is 0 Å². The standard InChI is InChI=1S/C15H18N2O3S/c1-9-14(10(2)20-17-9)12-5-6-13(21-12)15(18)16-8-11-4-3-7-19-11/h5-6,11H,3-4,7-8H2,1-2H3,(H,16,18). The van der Waals surface area contributed by atoms with Crippen molar-refractivity contribution in [2.75, 3.05) is 13.2 Å². The Labute approximate surface area is 127 Å². The molecule has 112 valence electrons. The third kappa shape index (κ3) is 3.01. The summed E-state index contributed by atoms with van der Waals surface area (Å²) in [6.07, 6.45) is 2.26. The van der Waals surface area contributed by atoms with Crippen LogP contribution in [-0.2, 0) is 4.74 Å². The number of carbonyl (C=O) groups excluding carboxylic acids is 1. The van der Waals surface area contributed by atoms with Crippen LogP contribution in [-0.4, -0.2) is 30.3 Å². The van der Waals surface area contributed by atoms with Crippen LogP contribution in [0, 0.1) is 13.8 Å². The van der Waals surface area contributed by atoms with E-state index in [4.69, 9.17) is 9.26 Å². The van der Waals surface area contributed by atoms with Gasteiger partial charge in [-0.3, -0.25) is 4.79 Å². The summed E-state index contributed by atoms with van der Waals surface area (Å²) in [5.74, 6) is 0.731. The average molecular weight is 306 g/mol. The molecular formula is C15H18N2O3S. The van der Waals surface area contributed by atoms with E-state index in [0.29, 0.717) is 11.4 Å². The molecule has 2 aromatic rings. The van der Waals surface area contributed by atoms with Crippen LogP contribution < -0.4 is 5.32 Å². The fourth-order valence-corrected chi connectivity index (χ4v) is 3.60. The number of ether oxygens (including phenoxy) is 1. The van der Waals surface area contributed by atoms with Crippen LogP contribution in [0.1, 0.15) is 34.0 Å². The van der Waals surface area contributed by atoms with Gasteiger partial charge in [0.25, 0.3) is 5.91 Å². The molecule has 1 atom stereocenters. The minimum atomic E-state index is -0.0477. The summed E-state index contributed by atoms with van der Waals surface area (Å²) in [6, 6.07) is 3.79. The number of thiophene rings is 1. The number of rotatable bonds is 4. The monoisotopic (exact) mass is 306 g/mol. The predicted molar refractivity (Wildman–Crippen MR) is 80.6 cm³/mol. The first-order valence-electron chi connectivity index (χ1n) is 7.08. The molecule has 1 N–H and O–H groups in total. The van der Waals surface area contributed by atoms with Crippen LogP contribution in [0.2, 0.25) is 0 Å². The number of amides is 1. The SMILES string of the molecule is Cc1noc(C)c1-c1ccc(C(=O)NCC2CCCO2)s1. The van der Waals surface area contributed by atoms with E-state index < -0.39 is 0 Å². The largest absolute Gasteiger partial charge is 0.376 e. The highest BCUT2D eigenvalue weighted by atomic mass is 32.1. The van der Waals surface area contributed by atoms with E-state index in [2.05, 4.69) is 10.5 Å². The van der Waals surface area contributed by atoms with Crippen molar-refractivity contribution in [3.8, 4) is 10.4 Å². The Balaban J connectivity index is 1.68. The van der Waals surface area contributed by atoms with Crippen LogP contribution in [0.5, 0.6) is 0 Å². The maximum atomic E-state index is 12.2. The number of hydrogen-bond acceptors (Lipinski definition) is 5. The van der Waals surface area contributed by atoms with Crippen LogP contribution in [0.15, 0.2) is 16.7 Å². The molecule has 1 saturated heterocycles. The molecule has 1 aliphatic heterocycles. The second kappa shape index (κ2) is 5.99. The molecule has 0 spiro atoms. The van der Waals surface area contributed by atoms with Crippen molar-refractivity contribution in [3.05, 3.63) is 28.5 Å². The molecule has 1 fully saturated rings. The number of carbonyl (C=O) groups is 1. The molecule has 1 aliphatic rings. The normalized spacial score (nSPS) is 18.1. The number of nitrogens with zero attached hydrogens (tertiary/aromatic N) is 1. The second-order valence-corrected chi connectivity index (χ2v) is 6.29. The molecule has 1 amide bonds. The van der Waals surface area contributed by atoms with Gasteiger partial charge >= 0.3 is 0 Å². The van der Waals surface area contributed by atoms with Gasteiger partial charge in [-0.1, -0.05) is 5.16 Å². The van der Waals surface area contributed by atoms with E-state index in [1.54, 1.807) is 0 Å². The Morgan fingerprint density at radius 2 is 2.33 bits per heavy atom. The summed E-state index contributed by atoms with van der Waals surface area (Å²) in [4.78, 5) is 13.9. The van der Waals surface area contributed by atoms with E-state index in [-0.39, 0.29) is 12.0 Å². The van der Waals surface area contributed by atoms with Crippen molar-refractivity contribution in [1.82, 2.24) is 10.5 Å². The van der Waals surface area contributed by atoms with E-state index in [1.165, 1.54) is 11.3 Å². The molecule has 0 bridgehead atoms. The third-order valence-corrected chi connectivity index (χ3v) is 4.73. The fourth-order valence-electron chi connectivity index (χ4n) is 2.53. The van der Waals surface area contributed by atoms with Crippen molar-refractivity contribution < 1.29 is 14.1 Å². The van der Waals surface area contributed by atoms with Crippen molar-refractivity contribution in [3.63, 3.8) is 0 Å². The molecule has 3 heterocycles. The smallest absolute Gasteiger partial charge is 0.261 e. The number of aromatic nitrogens is 1. The Hall–Kier alpha value is -1.66. The topological polar surface area (TPSA) is 64.4 Å². The van der Waals surface area contributed by atoms with Gasteiger partial charge in [0.15, 0.2) is 0 Å². The molecular weight excluding hydrogens is 288 g/mol. The highest BCUT2D eigenvalue weighted by molar-refractivity contribution is 7.17. The molecule has 21 heavy (non-hydrogen) atoms. The first-order valence-corrected chi connectivity index (χ1v) is 7.89. The molecule has 0 aliphatic carbocycles. The quantitative estimate of drug-likeness (QED) is 0.943. The molecule has 2 aromatic heterocycles. The molecule has 6 heteroatoms. The highest BCUT2D eigenvalue weighted by Crippen LogP contribution is 2.32. The van der Waals surface area contributed by atoms with Gasteiger partial charge in [-0.05, 0) is 38.8 Å². The summed E-state index contributed by atoms with van der Waals surface area (Å²) in [5, 5.41) is 6.89. The van der Waals surface area contributed by atoms with Crippen LogP contribution >= 0.6 is 11.3 Å². The van der Waals surface area contributed by atoms with E-state index >= 15 is 0 Å². The van der Waals surface area contributed by atoms with Crippen molar-refractivity contribution in [2.45, 2.75) is 32.8 Å². The van der Waals surface area contributed by atoms with Crippen molar-refractivity contribution >= 4 is 17.2 Å². The lowest BCUT2D eigenvalue weighted by Gasteiger charge is -2.09. The van der Waals surface area contributed by atoms with Crippen LogP contribution in [0.4, 0.5) is 0 Å². The average Bonchev–Trinajstić information content (AvgIpc) is 3.18. The third-order valence-electron chi connectivity index (χ3n) is 3.62. The molecule has 1 unspecified atom stereocenters. The maximum absolute atomic E-state index is 12.2. The van der Waals surface area contributed by atoms with Gasteiger partial charge in [0.2, 0.25) is 0 Å². The molecule has 0 saturated carbocycles. The summed E-state index contributed by atoms with van der Waals surface area (Å²) in [5.41, 5.74) is 1.83. The lowest BCUT2D eigenvalue weighted by molar-refractivity contribution is 0.0861. The van der Waals surface area contributed by atoms with Gasteiger partial charge in [0.05, 0.1) is 22.2 Å². The van der Waals surface area contributed by atoms with Gasteiger partial charge in [-0.15, -0.1) is 11.3 Å². The van der Waals surface area contributed by atoms with Gasteiger partial charge in [-0.25, -0.2) is 0 Å². The minimum absolute atomic E-state index is 0.0477. The number of aryl methyl sites for hydroxylation is 2. The lowest BCUT2D eigenvalue weighted by atomic mass is 10.2. The van der Waals surface area contributed by atoms with Gasteiger partial charge in [0.1, 0.15) is 5.76 Å². The number of hydrogen-bond donors (Lipinski definition) is 1. The summed E-state index contributed by atoms with van der Waals surface area (Å²) >= 11 is 1.46. The van der Waals surface area contributed by atoms with Crippen LogP contribution in [0.25, 0.3) is 10.4 Å². The van der Waals surface area contributed by atoms with E-state index in [9.17, 15) is 4.79 Å². The Kier molecular flexibility index (Phi) is 4.07. The summed E-state index contributed by atoms with van der Waals surface area (Å²) in [6.45, 7) is 5.17. The zero-order valence-electron chi connectivity index (χ0n) is 12.1. The van der Waals surface area contributed by atoms with Gasteiger partial charge in [0, 0.05) is 18.0 Å². The molecule has 0 radical (unpaired) electrons. The Morgan fingerprint density at radius 3 is 3.00 bits per heavy atom. The minimum Gasteiger partial charge on any atom is -0.376 e. The lowest BCUT2D eigenvalue weighted by Crippen LogP contribution is -2.31. The van der Waals surface area contributed by atoms with Crippen LogP contribution in [0.3, 0.4) is 0 Å². The van der Waals surface area contributed by atoms with E-state index in [0.717, 1.165) is 41.3 Å². The molecule has 0 aromatic carbocycles. The van der Waals surface area contributed by atoms with Gasteiger partial charge in [-0.2, -0.15) is 0 Å². The molecule has 5 nitrogen and oxygen atoms in total. The zero-order valence-corrected chi connectivity index (χ0v) is 13.0. The Bertz CT molecular complexity index is 622. The predicted octanol–water partition coefficient (Wildman–Crippen LogP) is 2.93. The Morgan fingerprint density at radius 1 is 1.48 bits per heavy atom. The first kappa shape index (κ1) is 14.3. The molecule has 3 rings (SSSR count). The van der Waals surface area contributed by atoms with Crippen molar-refractivity contribution in [1.29, 1.82) is 0 Å². The fraction of sp³-hybridized carbons (Fsp3) is 0.467. The summed E-state index contributed by atoms with van der Waals surface area (Å²) in [7, 11) is 0. The van der Waals surface area contributed by atoms with Gasteiger partial charge < -0.3 is 14.6 Å². The zero-order chi connectivity index (χ0) is 14.8. The second-order valence-electron chi connectivity index (χ2n) is 5.21. The highest BCUT2D eigenvalue weighted by Gasteiger charge is 2.19. The number of nitrogens with one attached hydrogen (secondary N) is 1. The van der Waals surface area contributed by atoms with E-state index in [1.807, 2.05) is 26.0 Å². The summed E-state index contributed by atoms with van der Waals surface area (Å²) < 4.78 is 10.7. The maximum Gasteiger partial charge on any atom is 0.261 e. The first-order chi connectivity index (χ1) is 10.1.